The SMILES string of the molecule is C(/C=N/NC1=NCCCCN1)=N/NC1=NCCCCN1. The Hall–Kier alpha value is -2.12. The minimum absolute atomic E-state index is 0.718. The van der Waals surface area contributed by atoms with Crippen LogP contribution in [-0.2, 0) is 0 Å². The van der Waals surface area contributed by atoms with Crippen molar-refractivity contribution in [2.24, 2.45) is 20.2 Å². The minimum Gasteiger partial charge on any atom is -0.355 e. The van der Waals surface area contributed by atoms with Crippen LogP contribution in [0.25, 0.3) is 0 Å². The standard InChI is InChI=1S/C12H22N8/c1-2-6-14-11(13-5-1)19-17-9-10-18-20-12-15-7-3-4-8-16-12/h9-10H,1-8H2,(H2,13,14,19)(H2,15,16,20)/b17-9-,18-10+. The van der Waals surface area contributed by atoms with Gasteiger partial charge in [0, 0.05) is 26.2 Å². The van der Waals surface area contributed by atoms with E-state index in [4.69, 9.17) is 0 Å². The number of rotatable bonds is 3. The van der Waals surface area contributed by atoms with Gasteiger partial charge in [0.1, 0.15) is 0 Å². The van der Waals surface area contributed by atoms with E-state index in [9.17, 15) is 0 Å². The fourth-order valence-corrected chi connectivity index (χ4v) is 1.79. The molecule has 8 nitrogen and oxygen atoms in total. The van der Waals surface area contributed by atoms with Crippen molar-refractivity contribution < 1.29 is 0 Å². The van der Waals surface area contributed by atoms with Gasteiger partial charge >= 0.3 is 0 Å². The van der Waals surface area contributed by atoms with Crippen LogP contribution in [0.1, 0.15) is 25.7 Å². The van der Waals surface area contributed by atoms with Crippen LogP contribution in [0.2, 0.25) is 0 Å². The van der Waals surface area contributed by atoms with E-state index >= 15 is 0 Å². The average molecular weight is 278 g/mol. The highest BCUT2D eigenvalue weighted by molar-refractivity contribution is 6.16. The molecule has 2 aliphatic heterocycles. The van der Waals surface area contributed by atoms with Crippen LogP contribution in [0.4, 0.5) is 0 Å². The summed E-state index contributed by atoms with van der Waals surface area (Å²) in [7, 11) is 0. The van der Waals surface area contributed by atoms with Crippen LogP contribution in [-0.4, -0.2) is 50.5 Å². The molecule has 0 aromatic heterocycles. The first-order chi connectivity index (χ1) is 9.95. The Balaban J connectivity index is 1.65. The summed E-state index contributed by atoms with van der Waals surface area (Å²) in [4.78, 5) is 8.63. The molecule has 0 saturated carbocycles. The fraction of sp³-hybridized carbons (Fsp3) is 0.667. The predicted octanol–water partition coefficient (Wildman–Crippen LogP) is -0.384. The van der Waals surface area contributed by atoms with Crippen LogP contribution < -0.4 is 21.5 Å². The predicted molar refractivity (Wildman–Crippen MR) is 82.3 cm³/mol. The summed E-state index contributed by atoms with van der Waals surface area (Å²) in [5.41, 5.74) is 5.71. The van der Waals surface area contributed by atoms with Crippen molar-refractivity contribution >= 4 is 24.3 Å². The lowest BCUT2D eigenvalue weighted by molar-refractivity contribution is 0.745. The molecule has 2 rings (SSSR count). The van der Waals surface area contributed by atoms with Gasteiger partial charge < -0.3 is 10.6 Å². The van der Waals surface area contributed by atoms with Crippen LogP contribution >= 0.6 is 0 Å². The summed E-state index contributed by atoms with van der Waals surface area (Å²) in [6, 6.07) is 0. The van der Waals surface area contributed by atoms with Crippen molar-refractivity contribution in [3.05, 3.63) is 0 Å². The molecule has 0 aromatic carbocycles. The van der Waals surface area contributed by atoms with E-state index in [-0.39, 0.29) is 0 Å². The molecule has 0 spiro atoms. The summed E-state index contributed by atoms with van der Waals surface area (Å²) in [5.74, 6) is 1.44. The first-order valence-electron chi connectivity index (χ1n) is 7.08. The first kappa shape index (κ1) is 14.3. The quantitative estimate of drug-likeness (QED) is 0.418. The molecule has 0 saturated heterocycles. The molecule has 0 aliphatic carbocycles. The lowest BCUT2D eigenvalue weighted by atomic mass is 10.3. The minimum atomic E-state index is 0.718. The zero-order valence-electron chi connectivity index (χ0n) is 11.6. The molecule has 0 aromatic rings. The molecular formula is C12H22N8. The molecule has 2 heterocycles. The maximum atomic E-state index is 4.32. The van der Waals surface area contributed by atoms with Crippen molar-refractivity contribution in [1.29, 1.82) is 0 Å². The van der Waals surface area contributed by atoms with E-state index < -0.39 is 0 Å². The average Bonchev–Trinajstić information content (AvgIpc) is 2.87. The number of nitrogens with one attached hydrogen (secondary N) is 4. The monoisotopic (exact) mass is 278 g/mol. The molecule has 0 amide bonds. The van der Waals surface area contributed by atoms with Gasteiger partial charge in [0.15, 0.2) is 0 Å². The fourth-order valence-electron chi connectivity index (χ4n) is 1.79. The Kier molecular flexibility index (Phi) is 6.35. The lowest BCUT2D eigenvalue weighted by Gasteiger charge is -2.04. The third kappa shape index (κ3) is 5.68. The van der Waals surface area contributed by atoms with Crippen LogP contribution in [0.5, 0.6) is 0 Å². The molecule has 0 unspecified atom stereocenters. The van der Waals surface area contributed by atoms with Crippen LogP contribution in [0.15, 0.2) is 20.2 Å². The summed E-state index contributed by atoms with van der Waals surface area (Å²) in [6.45, 7) is 3.54. The second kappa shape index (κ2) is 8.89. The zero-order chi connectivity index (χ0) is 13.9. The number of aliphatic imine (C=N–C) groups is 2. The topological polar surface area (TPSA) is 97.6 Å². The van der Waals surface area contributed by atoms with Crippen LogP contribution in [0.3, 0.4) is 0 Å². The largest absolute Gasteiger partial charge is 0.355 e. The number of guanidine groups is 2. The summed E-state index contributed by atoms with van der Waals surface area (Å²) < 4.78 is 0. The highest BCUT2D eigenvalue weighted by Crippen LogP contribution is 1.92. The van der Waals surface area contributed by atoms with E-state index in [2.05, 4.69) is 41.7 Å². The van der Waals surface area contributed by atoms with Crippen molar-refractivity contribution in [1.82, 2.24) is 21.5 Å². The molecule has 2 aliphatic rings. The van der Waals surface area contributed by atoms with E-state index in [1.54, 1.807) is 12.4 Å². The van der Waals surface area contributed by atoms with Gasteiger partial charge in [0.05, 0.1) is 12.4 Å². The number of hydrogen-bond donors (Lipinski definition) is 4. The Bertz CT molecular complexity index is 360. The van der Waals surface area contributed by atoms with Gasteiger partial charge in [-0.05, 0) is 25.7 Å². The maximum Gasteiger partial charge on any atom is 0.212 e. The lowest BCUT2D eigenvalue weighted by Crippen LogP contribution is -2.34. The first-order valence-corrected chi connectivity index (χ1v) is 7.08. The van der Waals surface area contributed by atoms with Gasteiger partial charge in [-0.25, -0.2) is 10.9 Å². The van der Waals surface area contributed by atoms with Gasteiger partial charge in [0.2, 0.25) is 11.9 Å². The second-order valence-corrected chi connectivity index (χ2v) is 4.51. The van der Waals surface area contributed by atoms with Crippen molar-refractivity contribution in [2.45, 2.75) is 25.7 Å². The molecule has 0 radical (unpaired) electrons. The smallest absolute Gasteiger partial charge is 0.212 e. The molecule has 0 bridgehead atoms. The van der Waals surface area contributed by atoms with E-state index in [0.717, 1.165) is 63.8 Å². The molecule has 0 fully saturated rings. The van der Waals surface area contributed by atoms with Gasteiger partial charge in [-0.2, -0.15) is 10.2 Å². The van der Waals surface area contributed by atoms with Crippen molar-refractivity contribution in [2.75, 3.05) is 26.2 Å². The molecule has 4 N–H and O–H groups in total. The summed E-state index contributed by atoms with van der Waals surface area (Å²) in [6.07, 6.45) is 7.64. The Morgan fingerprint density at radius 3 is 1.80 bits per heavy atom. The molecular weight excluding hydrogens is 256 g/mol. The van der Waals surface area contributed by atoms with E-state index in [0.29, 0.717) is 0 Å². The zero-order valence-corrected chi connectivity index (χ0v) is 11.6. The maximum absolute atomic E-state index is 4.32. The Morgan fingerprint density at radius 2 is 1.30 bits per heavy atom. The number of nitrogens with zero attached hydrogens (tertiary/aromatic N) is 4. The molecule has 8 heteroatoms. The van der Waals surface area contributed by atoms with Gasteiger partial charge in [-0.15, -0.1) is 0 Å². The third-order valence-electron chi connectivity index (χ3n) is 2.85. The van der Waals surface area contributed by atoms with E-state index in [1.807, 2.05) is 0 Å². The van der Waals surface area contributed by atoms with Crippen molar-refractivity contribution in [3.8, 4) is 0 Å². The highest BCUT2D eigenvalue weighted by atomic mass is 15.4. The molecule has 20 heavy (non-hydrogen) atoms. The highest BCUT2D eigenvalue weighted by Gasteiger charge is 2.00. The van der Waals surface area contributed by atoms with Crippen LogP contribution in [0, 0.1) is 0 Å². The second-order valence-electron chi connectivity index (χ2n) is 4.51. The summed E-state index contributed by atoms with van der Waals surface area (Å²) >= 11 is 0. The van der Waals surface area contributed by atoms with E-state index in [1.165, 1.54) is 0 Å². The van der Waals surface area contributed by atoms with Gasteiger partial charge in [0.25, 0.3) is 0 Å². The Labute approximate surface area is 118 Å². The normalized spacial score (nSPS) is 20.4. The number of hydrogen-bond acceptors (Lipinski definition) is 8. The van der Waals surface area contributed by atoms with Gasteiger partial charge in [-0.1, -0.05) is 0 Å². The molecule has 0 atom stereocenters. The third-order valence-corrected chi connectivity index (χ3v) is 2.85. The summed E-state index contributed by atoms with van der Waals surface area (Å²) in [5, 5.41) is 14.4. The molecule has 110 valence electrons. The Morgan fingerprint density at radius 1 is 0.800 bits per heavy atom. The van der Waals surface area contributed by atoms with Gasteiger partial charge in [-0.3, -0.25) is 9.98 Å². The number of hydrazone groups is 2. The van der Waals surface area contributed by atoms with Crippen molar-refractivity contribution in [3.63, 3.8) is 0 Å².